The van der Waals surface area contributed by atoms with Gasteiger partial charge in [-0.1, -0.05) is 54.9 Å². The van der Waals surface area contributed by atoms with E-state index in [1.807, 2.05) is 41.5 Å². The minimum Gasteiger partial charge on any atom is -0.394 e. The highest BCUT2D eigenvalue weighted by molar-refractivity contribution is 5.99. The summed E-state index contributed by atoms with van der Waals surface area (Å²) in [7, 11) is 0. The summed E-state index contributed by atoms with van der Waals surface area (Å²) in [5.74, 6) is -2.19. The zero-order valence-electron chi connectivity index (χ0n) is 24.7. The van der Waals surface area contributed by atoms with E-state index >= 15 is 0 Å². The molecule has 0 radical (unpaired) electrons. The van der Waals surface area contributed by atoms with Crippen LogP contribution in [0.1, 0.15) is 94.9 Å². The van der Waals surface area contributed by atoms with Crippen LogP contribution in [-0.4, -0.2) is 69.7 Å². The van der Waals surface area contributed by atoms with E-state index in [9.17, 15) is 19.5 Å². The van der Waals surface area contributed by atoms with E-state index in [-0.39, 0.29) is 41.6 Å². The van der Waals surface area contributed by atoms with Gasteiger partial charge < -0.3 is 25.4 Å². The molecule has 0 aromatic carbocycles. The van der Waals surface area contributed by atoms with Crippen molar-refractivity contribution in [3.63, 3.8) is 0 Å². The number of nitrogens with one attached hydrogen (secondary N) is 2. The minimum atomic E-state index is -1.11. The lowest BCUT2D eigenvalue weighted by molar-refractivity contribution is -0.153. The van der Waals surface area contributed by atoms with Crippen LogP contribution in [-0.2, 0) is 19.1 Å². The third-order valence-electron chi connectivity index (χ3n) is 9.11. The summed E-state index contributed by atoms with van der Waals surface area (Å²) in [5.41, 5.74) is -2.48. The molecule has 37 heavy (non-hydrogen) atoms. The first-order valence-electron chi connectivity index (χ1n) is 14.2. The summed E-state index contributed by atoms with van der Waals surface area (Å²) in [5, 5.41) is 16.7. The molecule has 3 aliphatic heterocycles. The van der Waals surface area contributed by atoms with Gasteiger partial charge in [-0.15, -0.1) is 0 Å². The zero-order valence-corrected chi connectivity index (χ0v) is 24.7. The molecular formula is C29H51N3O5. The monoisotopic (exact) mass is 521 g/mol. The van der Waals surface area contributed by atoms with Crippen LogP contribution in [0.2, 0.25) is 0 Å². The van der Waals surface area contributed by atoms with E-state index in [1.54, 1.807) is 4.90 Å². The minimum absolute atomic E-state index is 0.0112. The van der Waals surface area contributed by atoms with Crippen molar-refractivity contribution < 1.29 is 24.2 Å². The van der Waals surface area contributed by atoms with E-state index in [0.29, 0.717) is 13.0 Å². The summed E-state index contributed by atoms with van der Waals surface area (Å²) in [6.07, 6.45) is 2.79. The SMILES string of the molecule is CCCNC(=O)[C@@H]1[C@H]2C(=O)N([C@@H](CO)[C@@H](C)CC)C(C(=O)NC(C)(C)CC(C)(C)C)C23CC(C)[C@@]1(C)O3. The molecule has 3 fully saturated rings. The van der Waals surface area contributed by atoms with E-state index in [1.165, 1.54) is 0 Å². The van der Waals surface area contributed by atoms with Crippen LogP contribution in [0.15, 0.2) is 0 Å². The number of aliphatic hydroxyl groups excluding tert-OH is 1. The molecular weight excluding hydrogens is 470 g/mol. The molecule has 3 amide bonds. The predicted octanol–water partition coefficient (Wildman–Crippen LogP) is 3.26. The number of likely N-dealkylation sites (tertiary alicyclic amines) is 1. The Kier molecular flexibility index (Phi) is 8.19. The Morgan fingerprint density at radius 3 is 2.32 bits per heavy atom. The van der Waals surface area contributed by atoms with Gasteiger partial charge in [0.25, 0.3) is 0 Å². The Morgan fingerprint density at radius 1 is 1.19 bits per heavy atom. The molecule has 3 N–H and O–H groups in total. The van der Waals surface area contributed by atoms with Crippen molar-refractivity contribution in [2.75, 3.05) is 13.2 Å². The maximum atomic E-state index is 14.3. The van der Waals surface area contributed by atoms with Crippen molar-refractivity contribution in [2.45, 2.75) is 124 Å². The van der Waals surface area contributed by atoms with Gasteiger partial charge in [-0.2, -0.15) is 0 Å². The van der Waals surface area contributed by atoms with Crippen molar-refractivity contribution >= 4 is 17.7 Å². The molecule has 1 spiro atoms. The normalized spacial score (nSPS) is 34.9. The first-order chi connectivity index (χ1) is 17.0. The van der Waals surface area contributed by atoms with Crippen LogP contribution in [0.25, 0.3) is 0 Å². The lowest BCUT2D eigenvalue weighted by atomic mass is 9.62. The molecule has 0 aromatic rings. The average Bonchev–Trinajstić information content (AvgIpc) is 3.27. The van der Waals surface area contributed by atoms with E-state index in [2.05, 4.69) is 38.3 Å². The Bertz CT molecular complexity index is 898. The molecule has 3 saturated heterocycles. The fourth-order valence-corrected chi connectivity index (χ4v) is 7.68. The van der Waals surface area contributed by atoms with Crippen LogP contribution >= 0.6 is 0 Å². The molecule has 3 rings (SSSR count). The highest BCUT2D eigenvalue weighted by atomic mass is 16.5. The quantitative estimate of drug-likeness (QED) is 0.409. The maximum absolute atomic E-state index is 14.3. The molecule has 8 nitrogen and oxygen atoms in total. The second kappa shape index (κ2) is 10.1. The van der Waals surface area contributed by atoms with Crippen molar-refractivity contribution in [1.29, 1.82) is 0 Å². The summed E-state index contributed by atoms with van der Waals surface area (Å²) in [6, 6.07) is -1.45. The number of carbonyl (C=O) groups is 3. The molecule has 0 saturated carbocycles. The first kappa shape index (κ1) is 29.9. The molecule has 3 heterocycles. The lowest BCUT2D eigenvalue weighted by Gasteiger charge is -2.41. The molecule has 8 atom stereocenters. The second-order valence-electron chi connectivity index (χ2n) is 14.0. The second-order valence-corrected chi connectivity index (χ2v) is 14.0. The fourth-order valence-electron chi connectivity index (χ4n) is 7.68. The molecule has 3 aliphatic rings. The van der Waals surface area contributed by atoms with Gasteiger partial charge in [0.2, 0.25) is 17.7 Å². The largest absolute Gasteiger partial charge is 0.394 e. The lowest BCUT2D eigenvalue weighted by Crippen LogP contribution is -2.62. The number of fused-ring (bicyclic) bond motifs is 1. The number of carbonyl (C=O) groups excluding carboxylic acids is 3. The third kappa shape index (κ3) is 5.05. The van der Waals surface area contributed by atoms with E-state index in [4.69, 9.17) is 4.74 Å². The van der Waals surface area contributed by atoms with Crippen LogP contribution in [0.5, 0.6) is 0 Å². The van der Waals surface area contributed by atoms with Crippen LogP contribution in [0, 0.1) is 29.1 Å². The summed E-state index contributed by atoms with van der Waals surface area (Å²) >= 11 is 0. The maximum Gasteiger partial charge on any atom is 0.246 e. The van der Waals surface area contributed by atoms with Gasteiger partial charge in [0.1, 0.15) is 11.6 Å². The standard InChI is InChI=1S/C29H51N3O5/c1-11-13-30-23(34)20-21-25(36)32(19(15-33)17(3)12-2)22(29(21)14-18(4)28(20,10)37-29)24(35)31-27(8,9)16-26(5,6)7/h17-22,33H,11-16H2,1-10H3,(H,30,34)(H,31,35)/t17-,18?,19-,20-,21-,22?,28+,29?/m0/s1. The Hall–Kier alpha value is -1.67. The molecule has 3 unspecified atom stereocenters. The molecule has 212 valence electrons. The number of rotatable bonds is 10. The van der Waals surface area contributed by atoms with Gasteiger partial charge in [-0.25, -0.2) is 0 Å². The van der Waals surface area contributed by atoms with Crippen molar-refractivity contribution in [3.05, 3.63) is 0 Å². The third-order valence-corrected chi connectivity index (χ3v) is 9.11. The van der Waals surface area contributed by atoms with Gasteiger partial charge in [-0.05, 0) is 57.3 Å². The molecule has 0 aliphatic carbocycles. The van der Waals surface area contributed by atoms with E-state index < -0.39 is 40.7 Å². The van der Waals surface area contributed by atoms with Gasteiger partial charge in [-0.3, -0.25) is 14.4 Å². The number of amides is 3. The average molecular weight is 522 g/mol. The van der Waals surface area contributed by atoms with Crippen LogP contribution in [0.4, 0.5) is 0 Å². The predicted molar refractivity (Wildman–Crippen MR) is 144 cm³/mol. The number of aliphatic hydroxyl groups is 1. The highest BCUT2D eigenvalue weighted by Gasteiger charge is 2.80. The molecule has 0 aromatic heterocycles. The number of ether oxygens (including phenoxy) is 1. The number of hydrogen-bond donors (Lipinski definition) is 3. The molecule has 8 heteroatoms. The van der Waals surface area contributed by atoms with Gasteiger partial charge in [0, 0.05) is 12.1 Å². The van der Waals surface area contributed by atoms with Gasteiger partial charge in [0.15, 0.2) is 0 Å². The first-order valence-corrected chi connectivity index (χ1v) is 14.2. The van der Waals surface area contributed by atoms with Crippen molar-refractivity contribution in [1.82, 2.24) is 15.5 Å². The summed E-state index contributed by atoms with van der Waals surface area (Å²) in [4.78, 5) is 43.7. The number of hydrogen-bond acceptors (Lipinski definition) is 5. The Morgan fingerprint density at radius 2 is 1.81 bits per heavy atom. The Labute approximate surface area is 223 Å². The summed E-state index contributed by atoms with van der Waals surface area (Å²) < 4.78 is 6.79. The van der Waals surface area contributed by atoms with Gasteiger partial charge >= 0.3 is 0 Å². The van der Waals surface area contributed by atoms with Gasteiger partial charge in [0.05, 0.1) is 30.1 Å². The zero-order chi connectivity index (χ0) is 28.1. The smallest absolute Gasteiger partial charge is 0.246 e. The van der Waals surface area contributed by atoms with Crippen LogP contribution in [0.3, 0.4) is 0 Å². The Balaban J connectivity index is 2.12. The summed E-state index contributed by atoms with van der Waals surface area (Å²) in [6.45, 7) is 20.7. The fraction of sp³-hybridized carbons (Fsp3) is 0.897. The van der Waals surface area contributed by atoms with Crippen LogP contribution < -0.4 is 10.6 Å². The van der Waals surface area contributed by atoms with E-state index in [0.717, 1.165) is 19.3 Å². The molecule has 2 bridgehead atoms. The van der Waals surface area contributed by atoms with Crippen molar-refractivity contribution in [3.8, 4) is 0 Å². The topological polar surface area (TPSA) is 108 Å². The van der Waals surface area contributed by atoms with Crippen molar-refractivity contribution in [2.24, 2.45) is 29.1 Å². The number of nitrogens with zero attached hydrogens (tertiary/aromatic N) is 1. The highest BCUT2D eigenvalue weighted by Crippen LogP contribution is 2.65.